The van der Waals surface area contributed by atoms with Gasteiger partial charge in [-0.3, -0.25) is 0 Å². The highest BCUT2D eigenvalue weighted by atomic mass is 16.7. The minimum absolute atomic E-state index is 0.0445. The van der Waals surface area contributed by atoms with Crippen molar-refractivity contribution in [3.8, 4) is 40.1 Å². The lowest BCUT2D eigenvalue weighted by Crippen LogP contribution is -2.61. The van der Waals surface area contributed by atoms with Crippen molar-refractivity contribution in [2.24, 2.45) is 0 Å². The minimum atomic E-state index is -1.91. The van der Waals surface area contributed by atoms with Gasteiger partial charge in [0.15, 0.2) is 17.8 Å². The van der Waals surface area contributed by atoms with Crippen molar-refractivity contribution < 1.29 is 99.2 Å². The van der Waals surface area contributed by atoms with Gasteiger partial charge in [0.1, 0.15) is 84.0 Å². The summed E-state index contributed by atoms with van der Waals surface area (Å²) in [6, 6.07) is 7.08. The van der Waals surface area contributed by atoms with Crippen LogP contribution in [-0.4, -0.2) is 172 Å². The number of hydrogen-bond acceptors (Lipinski definition) is 19. The molecule has 3 saturated heterocycles. The smallest absolute Gasteiger partial charge is 0.402 e. The van der Waals surface area contributed by atoms with E-state index in [4.69, 9.17) is 32.8 Å². The van der Waals surface area contributed by atoms with Crippen LogP contribution in [0.3, 0.4) is 0 Å². The number of aliphatic hydroxyl groups is 10. The summed E-state index contributed by atoms with van der Waals surface area (Å²) in [6.07, 6.45) is -24.0. The van der Waals surface area contributed by atoms with Gasteiger partial charge in [-0.2, -0.15) is 0 Å². The summed E-state index contributed by atoms with van der Waals surface area (Å²) in [5.74, 6) is -2.22. The Morgan fingerprint density at radius 2 is 1.21 bits per heavy atom. The summed E-state index contributed by atoms with van der Waals surface area (Å²) in [7, 11) is 0. The summed E-state index contributed by atoms with van der Waals surface area (Å²) in [6.45, 7) is 0.128. The third-order valence-corrected chi connectivity index (χ3v) is 9.29. The molecule has 0 saturated carbocycles. The second kappa shape index (κ2) is 15.6. The Balaban J connectivity index is 1.30. The lowest BCUT2D eigenvalue weighted by Gasteiger charge is -2.42. The summed E-state index contributed by atoms with van der Waals surface area (Å²) in [4.78, 5) is 0. The van der Waals surface area contributed by atoms with Gasteiger partial charge in [0.25, 0.3) is 0 Å². The molecule has 13 N–H and O–H groups in total. The van der Waals surface area contributed by atoms with Crippen LogP contribution in [0.15, 0.2) is 40.8 Å². The van der Waals surface area contributed by atoms with Crippen LogP contribution >= 0.6 is 0 Å². The molecule has 3 fully saturated rings. The average Bonchev–Trinajstić information content (AvgIpc) is 3.13. The van der Waals surface area contributed by atoms with E-state index in [-0.39, 0.29) is 33.8 Å². The van der Waals surface area contributed by atoms with Crippen LogP contribution < -0.4 is 9.47 Å². The number of hydrogen-bond donors (Lipinski definition) is 13. The van der Waals surface area contributed by atoms with E-state index in [0.717, 1.165) is 18.2 Å². The number of aliphatic hydroxyl groups excluding tert-OH is 10. The molecule has 0 unspecified atom stereocenters. The minimum Gasteiger partial charge on any atom is -0.507 e. The van der Waals surface area contributed by atoms with Crippen molar-refractivity contribution in [1.82, 2.24) is 0 Å². The maximum Gasteiger partial charge on any atom is 0.402 e. The van der Waals surface area contributed by atoms with Gasteiger partial charge in [0.05, 0.1) is 30.9 Å². The van der Waals surface area contributed by atoms with Crippen LogP contribution in [0.4, 0.5) is 0 Å². The largest absolute Gasteiger partial charge is 0.507 e. The van der Waals surface area contributed by atoms with Gasteiger partial charge in [-0.05, 0) is 19.1 Å². The van der Waals surface area contributed by atoms with Gasteiger partial charge in [-0.25, -0.2) is 4.42 Å². The molecule has 4 heterocycles. The Morgan fingerprint density at radius 1 is 0.604 bits per heavy atom. The highest BCUT2D eigenvalue weighted by Gasteiger charge is 2.48. The molecule has 20 nitrogen and oxygen atoms in total. The predicted molar refractivity (Wildman–Crippen MR) is 171 cm³/mol. The first kappa shape index (κ1) is 39.0. The van der Waals surface area contributed by atoms with Crippen molar-refractivity contribution in [3.63, 3.8) is 0 Å². The van der Waals surface area contributed by atoms with Crippen LogP contribution in [0, 0.1) is 0 Å². The standard InChI is InChI=1S/C33H40O20/c1-10-21(38)24(41)27(44)31(48-10)47-9-20-23(40)26(43)29(46)33(53-20)51-18-7-13-15(36)5-12(49-32-28(45)25(42)22(39)19(8-34)52-32)6-17(13)50-30(18)11-2-3-14(35)16(37)4-11/h2-7,10,19-29,31-34,38-46H,8-9H2,1H3,(H2-,35,36,37)/p+1/t10-,19+,20+,21-,22+,23+,24+,25-,26-,27+,28+,29+,31+,32+,33+/m0/s1. The number of phenols is 3. The van der Waals surface area contributed by atoms with Crippen LogP contribution in [-0.2, 0) is 18.9 Å². The summed E-state index contributed by atoms with van der Waals surface area (Å²) < 4.78 is 39.7. The molecule has 0 spiro atoms. The highest BCUT2D eigenvalue weighted by Crippen LogP contribution is 2.43. The van der Waals surface area contributed by atoms with Gasteiger partial charge in [-0.15, -0.1) is 0 Å². The Morgan fingerprint density at radius 3 is 1.87 bits per heavy atom. The van der Waals surface area contributed by atoms with Crippen LogP contribution in [0.25, 0.3) is 22.3 Å². The van der Waals surface area contributed by atoms with Crippen molar-refractivity contribution in [3.05, 3.63) is 36.4 Å². The van der Waals surface area contributed by atoms with Gasteiger partial charge in [-0.1, -0.05) is 0 Å². The van der Waals surface area contributed by atoms with E-state index in [1.807, 2.05) is 0 Å². The molecule has 0 amide bonds. The Bertz CT molecular complexity index is 1740. The third kappa shape index (κ3) is 7.65. The maximum atomic E-state index is 11.0. The monoisotopic (exact) mass is 757 g/mol. The first-order valence-corrected chi connectivity index (χ1v) is 16.4. The third-order valence-electron chi connectivity index (χ3n) is 9.29. The fourth-order valence-corrected chi connectivity index (χ4v) is 6.11. The van der Waals surface area contributed by atoms with E-state index >= 15 is 0 Å². The zero-order valence-electron chi connectivity index (χ0n) is 27.7. The van der Waals surface area contributed by atoms with E-state index in [1.165, 1.54) is 25.1 Å². The molecular weight excluding hydrogens is 716 g/mol. The number of ether oxygens (including phenoxy) is 6. The second-order valence-electron chi connectivity index (χ2n) is 13.0. The molecule has 6 rings (SSSR count). The van der Waals surface area contributed by atoms with Crippen LogP contribution in [0.1, 0.15) is 6.92 Å². The molecule has 3 aliphatic heterocycles. The first-order valence-electron chi connectivity index (χ1n) is 16.4. The molecule has 292 valence electrons. The zero-order chi connectivity index (χ0) is 38.5. The number of phenolic OH excluding ortho intramolecular Hbond substituents is 3. The predicted octanol–water partition coefficient (Wildman–Crippen LogP) is -3.29. The number of fused-ring (bicyclic) bond motifs is 1. The Kier molecular flexibility index (Phi) is 11.5. The molecule has 3 aromatic rings. The van der Waals surface area contributed by atoms with E-state index in [2.05, 4.69) is 0 Å². The van der Waals surface area contributed by atoms with Gasteiger partial charge in [0.2, 0.25) is 18.3 Å². The number of rotatable bonds is 9. The van der Waals surface area contributed by atoms with Gasteiger partial charge < -0.3 is 94.8 Å². The molecule has 0 radical (unpaired) electrons. The summed E-state index contributed by atoms with van der Waals surface area (Å²) in [5, 5.41) is 134. The maximum absolute atomic E-state index is 11.0. The second-order valence-corrected chi connectivity index (χ2v) is 13.0. The fraction of sp³-hybridized carbons (Fsp3) is 0.545. The number of aromatic hydroxyl groups is 3. The zero-order valence-corrected chi connectivity index (χ0v) is 27.7. The lowest BCUT2D eigenvalue weighted by molar-refractivity contribution is -0.318. The topological polar surface area (TPSA) is 330 Å². The summed E-state index contributed by atoms with van der Waals surface area (Å²) in [5.41, 5.74) is -0.0417. The molecule has 2 aromatic carbocycles. The van der Waals surface area contributed by atoms with Crippen LogP contribution in [0.5, 0.6) is 28.7 Å². The van der Waals surface area contributed by atoms with Crippen molar-refractivity contribution in [1.29, 1.82) is 0 Å². The molecule has 0 aliphatic carbocycles. The van der Waals surface area contributed by atoms with E-state index in [0.29, 0.717) is 0 Å². The quantitative estimate of drug-likeness (QED) is 0.0751. The van der Waals surface area contributed by atoms with Crippen molar-refractivity contribution in [2.45, 2.75) is 99.0 Å². The average molecular weight is 758 g/mol. The summed E-state index contributed by atoms with van der Waals surface area (Å²) >= 11 is 0. The first-order chi connectivity index (χ1) is 25.1. The Labute approximate surface area is 299 Å². The van der Waals surface area contributed by atoms with Gasteiger partial charge >= 0.3 is 11.3 Å². The molecule has 1 aromatic heterocycles. The van der Waals surface area contributed by atoms with Gasteiger partial charge in [0, 0.05) is 18.2 Å². The fourth-order valence-electron chi connectivity index (χ4n) is 6.11. The molecule has 3 aliphatic rings. The number of benzene rings is 2. The van der Waals surface area contributed by atoms with E-state index < -0.39 is 123 Å². The normalized spacial score (nSPS) is 37.8. The van der Waals surface area contributed by atoms with Crippen molar-refractivity contribution in [2.75, 3.05) is 13.2 Å². The van der Waals surface area contributed by atoms with Crippen molar-refractivity contribution >= 4 is 11.0 Å². The van der Waals surface area contributed by atoms with Crippen LogP contribution in [0.2, 0.25) is 0 Å². The Hall–Kier alpha value is -3.71. The van der Waals surface area contributed by atoms with E-state index in [9.17, 15) is 66.4 Å². The molecular formula is C33H41O20+. The molecule has 20 heteroatoms. The molecule has 53 heavy (non-hydrogen) atoms. The van der Waals surface area contributed by atoms with E-state index in [1.54, 1.807) is 0 Å². The molecule has 15 atom stereocenters. The highest BCUT2D eigenvalue weighted by molar-refractivity contribution is 5.88. The lowest BCUT2D eigenvalue weighted by atomic mass is 9.98. The molecule has 0 bridgehead atoms. The SMILES string of the molecule is C[C@@H]1O[C@@H](OC[C@H]2O[C@@H](Oc3cc4c(O)cc(O[C@@H]5O[C@H](CO)[C@@H](O)[C@H](O)[C@H]5O)cc4[o+]c3-c3ccc(O)c(O)c3)[C@H](O)[C@@H](O)[C@@H]2O)[C@H](O)[C@H](O)[C@H]1O.